The Labute approximate surface area is 197 Å². The molecule has 7 heteroatoms. The number of thiazole rings is 1. The summed E-state index contributed by atoms with van der Waals surface area (Å²) in [4.78, 5) is 18.1. The third-order valence-electron chi connectivity index (χ3n) is 5.23. The topological polar surface area (TPSA) is 65.7 Å². The number of rotatable bonds is 11. The van der Waals surface area contributed by atoms with Crippen molar-refractivity contribution in [2.24, 2.45) is 0 Å². The molecule has 0 atom stereocenters. The quantitative estimate of drug-likeness (QED) is 0.289. The van der Waals surface area contributed by atoms with Crippen molar-refractivity contribution in [2.45, 2.75) is 46.0 Å². The number of hydrogen-bond donors (Lipinski definition) is 0. The molecular formula is C26H29N3O3S. The van der Waals surface area contributed by atoms with E-state index in [4.69, 9.17) is 9.47 Å². The summed E-state index contributed by atoms with van der Waals surface area (Å²) < 4.78 is 13.6. The molecule has 0 fully saturated rings. The molecule has 0 spiro atoms. The fourth-order valence-corrected chi connectivity index (χ4v) is 4.36. The molecule has 0 N–H and O–H groups in total. The normalized spacial score (nSPS) is 11.9. The number of ether oxygens (including phenoxy) is 2. The minimum absolute atomic E-state index is 0.175. The van der Waals surface area contributed by atoms with Crippen LogP contribution in [0.4, 0.5) is 0 Å². The molecule has 0 saturated heterocycles. The van der Waals surface area contributed by atoms with Crippen molar-refractivity contribution in [1.82, 2.24) is 14.6 Å². The first-order chi connectivity index (χ1) is 16.2. The monoisotopic (exact) mass is 463 g/mol. The molecule has 2 aromatic carbocycles. The van der Waals surface area contributed by atoms with Gasteiger partial charge in [0.2, 0.25) is 4.96 Å². The Hall–Kier alpha value is -3.19. The summed E-state index contributed by atoms with van der Waals surface area (Å²) in [6.07, 6.45) is 7.49. The molecule has 0 aliphatic carbocycles. The van der Waals surface area contributed by atoms with Crippen LogP contribution in [0.2, 0.25) is 0 Å². The molecule has 4 rings (SSSR count). The molecule has 0 unspecified atom stereocenters. The third-order valence-corrected chi connectivity index (χ3v) is 6.19. The summed E-state index contributed by atoms with van der Waals surface area (Å²) in [5, 5.41) is 4.45. The van der Waals surface area contributed by atoms with Gasteiger partial charge < -0.3 is 9.47 Å². The lowest BCUT2D eigenvalue weighted by atomic mass is 10.2. The van der Waals surface area contributed by atoms with Gasteiger partial charge in [-0.15, -0.1) is 5.10 Å². The van der Waals surface area contributed by atoms with Crippen LogP contribution in [0.3, 0.4) is 0 Å². The van der Waals surface area contributed by atoms with Crippen LogP contribution in [0.15, 0.2) is 53.3 Å². The molecule has 4 aromatic rings. The highest BCUT2D eigenvalue weighted by Gasteiger charge is 2.13. The van der Waals surface area contributed by atoms with E-state index < -0.39 is 0 Å². The van der Waals surface area contributed by atoms with Gasteiger partial charge >= 0.3 is 0 Å². The molecule has 0 aliphatic heterocycles. The van der Waals surface area contributed by atoms with Gasteiger partial charge in [0, 0.05) is 11.1 Å². The number of para-hydroxylation sites is 1. The summed E-state index contributed by atoms with van der Waals surface area (Å²) in [5.74, 6) is 2.14. The maximum Gasteiger partial charge on any atom is 0.291 e. The Kier molecular flexibility index (Phi) is 7.73. The first-order valence-electron chi connectivity index (χ1n) is 11.6. The van der Waals surface area contributed by atoms with E-state index >= 15 is 0 Å². The predicted octanol–water partition coefficient (Wildman–Crippen LogP) is 5.11. The smallest absolute Gasteiger partial charge is 0.291 e. The van der Waals surface area contributed by atoms with Crippen molar-refractivity contribution in [3.8, 4) is 22.9 Å². The first kappa shape index (κ1) is 23.0. The van der Waals surface area contributed by atoms with E-state index in [0.717, 1.165) is 42.1 Å². The van der Waals surface area contributed by atoms with Gasteiger partial charge in [-0.1, -0.05) is 62.6 Å². The lowest BCUT2D eigenvalue weighted by molar-refractivity contribution is 0.305. The van der Waals surface area contributed by atoms with Crippen LogP contribution in [0.25, 0.3) is 22.4 Å². The Morgan fingerprint density at radius 3 is 2.52 bits per heavy atom. The van der Waals surface area contributed by atoms with Gasteiger partial charge in [-0.2, -0.15) is 9.50 Å². The molecule has 0 aliphatic rings. The van der Waals surface area contributed by atoms with E-state index in [1.165, 1.54) is 35.1 Å². The van der Waals surface area contributed by atoms with Gasteiger partial charge in [-0.3, -0.25) is 4.79 Å². The van der Waals surface area contributed by atoms with Gasteiger partial charge in [0.1, 0.15) is 11.5 Å². The van der Waals surface area contributed by atoms with Gasteiger partial charge in [0.05, 0.1) is 17.7 Å². The third kappa shape index (κ3) is 5.60. The first-order valence-corrected chi connectivity index (χ1v) is 12.4. The van der Waals surface area contributed by atoms with Crippen LogP contribution >= 0.6 is 11.3 Å². The SMILES string of the molecule is CCCCCCOc1ccc(-c2nc3sc(=Cc4ccccc4OCCC)c(=O)n3n2)cc1. The van der Waals surface area contributed by atoms with Crippen LogP contribution in [0.1, 0.15) is 51.5 Å². The average Bonchev–Trinajstić information content (AvgIpc) is 3.38. The van der Waals surface area contributed by atoms with Gasteiger partial charge in [-0.25, -0.2) is 0 Å². The fraction of sp³-hybridized carbons (Fsp3) is 0.346. The summed E-state index contributed by atoms with van der Waals surface area (Å²) in [6.45, 7) is 5.62. The Bertz CT molecular complexity index is 1290. The van der Waals surface area contributed by atoms with Crippen LogP contribution in [-0.2, 0) is 0 Å². The zero-order chi connectivity index (χ0) is 23.0. The minimum atomic E-state index is -0.175. The van der Waals surface area contributed by atoms with Crippen LogP contribution in [-0.4, -0.2) is 27.8 Å². The molecule has 172 valence electrons. The Morgan fingerprint density at radius 2 is 1.76 bits per heavy atom. The van der Waals surface area contributed by atoms with Gasteiger partial charge in [0.15, 0.2) is 5.82 Å². The van der Waals surface area contributed by atoms with Crippen molar-refractivity contribution >= 4 is 22.4 Å². The lowest BCUT2D eigenvalue weighted by Crippen LogP contribution is -2.23. The second kappa shape index (κ2) is 11.1. The molecule has 33 heavy (non-hydrogen) atoms. The molecule has 0 radical (unpaired) electrons. The minimum Gasteiger partial charge on any atom is -0.494 e. The number of benzene rings is 2. The summed E-state index contributed by atoms with van der Waals surface area (Å²) in [6, 6.07) is 15.4. The molecule has 0 bridgehead atoms. The Morgan fingerprint density at radius 1 is 0.939 bits per heavy atom. The number of aromatic nitrogens is 3. The van der Waals surface area contributed by atoms with Crippen molar-refractivity contribution < 1.29 is 9.47 Å². The Balaban J connectivity index is 1.52. The molecule has 2 aromatic heterocycles. The van der Waals surface area contributed by atoms with Crippen LogP contribution in [0.5, 0.6) is 11.5 Å². The van der Waals surface area contributed by atoms with Crippen molar-refractivity contribution in [2.75, 3.05) is 13.2 Å². The summed E-state index contributed by atoms with van der Waals surface area (Å²) in [7, 11) is 0. The summed E-state index contributed by atoms with van der Waals surface area (Å²) in [5.41, 5.74) is 1.55. The zero-order valence-electron chi connectivity index (χ0n) is 19.1. The second-order valence-corrected chi connectivity index (χ2v) is 8.87. The summed E-state index contributed by atoms with van der Waals surface area (Å²) >= 11 is 1.33. The zero-order valence-corrected chi connectivity index (χ0v) is 19.9. The standard InChI is InChI=1S/C26H29N3O3S/c1-3-5-6-9-17-31-21-14-12-19(13-15-21)24-27-26-29(28-24)25(30)23(33-26)18-20-10-7-8-11-22(20)32-16-4-2/h7-8,10-15,18H,3-6,9,16-17H2,1-2H3. The van der Waals surface area contributed by atoms with E-state index in [9.17, 15) is 4.79 Å². The maximum atomic E-state index is 12.9. The average molecular weight is 464 g/mol. The van der Waals surface area contributed by atoms with Crippen molar-refractivity contribution in [1.29, 1.82) is 0 Å². The van der Waals surface area contributed by atoms with Crippen LogP contribution < -0.4 is 19.6 Å². The number of fused-ring (bicyclic) bond motifs is 1. The highest BCUT2D eigenvalue weighted by molar-refractivity contribution is 7.15. The van der Waals surface area contributed by atoms with E-state index in [2.05, 4.69) is 23.9 Å². The molecule has 0 amide bonds. The number of nitrogens with zero attached hydrogens (tertiary/aromatic N) is 3. The van der Waals surface area contributed by atoms with Crippen molar-refractivity contribution in [3.05, 3.63) is 69.0 Å². The molecule has 2 heterocycles. The van der Waals surface area contributed by atoms with Crippen molar-refractivity contribution in [3.63, 3.8) is 0 Å². The number of hydrogen-bond acceptors (Lipinski definition) is 6. The highest BCUT2D eigenvalue weighted by Crippen LogP contribution is 2.22. The van der Waals surface area contributed by atoms with E-state index in [1.807, 2.05) is 54.6 Å². The second-order valence-electron chi connectivity index (χ2n) is 7.87. The van der Waals surface area contributed by atoms with Gasteiger partial charge in [0.25, 0.3) is 5.56 Å². The molecule has 0 saturated carbocycles. The largest absolute Gasteiger partial charge is 0.494 e. The van der Waals surface area contributed by atoms with Gasteiger partial charge in [-0.05, 0) is 49.2 Å². The molecule has 6 nitrogen and oxygen atoms in total. The maximum absolute atomic E-state index is 12.9. The van der Waals surface area contributed by atoms with E-state index in [1.54, 1.807) is 0 Å². The highest BCUT2D eigenvalue weighted by atomic mass is 32.1. The predicted molar refractivity (Wildman–Crippen MR) is 133 cm³/mol. The number of unbranched alkanes of at least 4 members (excludes halogenated alkanes) is 3. The lowest BCUT2D eigenvalue weighted by Gasteiger charge is -2.07. The van der Waals surface area contributed by atoms with E-state index in [0.29, 0.717) is 21.9 Å². The van der Waals surface area contributed by atoms with E-state index in [-0.39, 0.29) is 5.56 Å². The fourth-order valence-electron chi connectivity index (χ4n) is 3.46. The van der Waals surface area contributed by atoms with Crippen LogP contribution in [0, 0.1) is 0 Å². The molecular weight excluding hydrogens is 434 g/mol.